The topological polar surface area (TPSA) is 79.3 Å². The summed E-state index contributed by atoms with van der Waals surface area (Å²) in [7, 11) is 0. The first kappa shape index (κ1) is 16.8. The van der Waals surface area contributed by atoms with E-state index in [2.05, 4.69) is 10.3 Å². The Morgan fingerprint density at radius 1 is 1.21 bits per heavy atom. The van der Waals surface area contributed by atoms with Gasteiger partial charge in [-0.1, -0.05) is 23.4 Å². The van der Waals surface area contributed by atoms with E-state index >= 15 is 0 Å². The predicted octanol–water partition coefficient (Wildman–Crippen LogP) is 4.38. The van der Waals surface area contributed by atoms with E-state index in [0.29, 0.717) is 20.6 Å². The van der Waals surface area contributed by atoms with E-state index in [9.17, 15) is 9.59 Å². The Bertz CT molecular complexity index is 909. The fourth-order valence-corrected chi connectivity index (χ4v) is 3.92. The van der Waals surface area contributed by atoms with Crippen molar-refractivity contribution in [3.8, 4) is 0 Å². The van der Waals surface area contributed by atoms with Gasteiger partial charge in [0, 0.05) is 16.3 Å². The van der Waals surface area contributed by atoms with Crippen LogP contribution in [0, 0.1) is 0 Å². The minimum Gasteiger partial charge on any atom is -0.481 e. The Balaban J connectivity index is 1.76. The van der Waals surface area contributed by atoms with Crippen molar-refractivity contribution in [1.29, 1.82) is 0 Å². The first-order valence-electron chi connectivity index (χ1n) is 6.83. The number of amides is 1. The smallest absolute Gasteiger partial charge is 0.313 e. The lowest BCUT2D eigenvalue weighted by atomic mass is 10.2. The molecule has 0 spiro atoms. The van der Waals surface area contributed by atoms with Gasteiger partial charge in [0.2, 0.25) is 0 Å². The fourth-order valence-electron chi connectivity index (χ4n) is 1.97. The minimum atomic E-state index is -0.879. The molecule has 2 aromatic carbocycles. The maximum atomic E-state index is 12.2. The second-order valence-corrected chi connectivity index (χ2v) is 7.50. The van der Waals surface area contributed by atoms with Gasteiger partial charge in [-0.05, 0) is 42.5 Å². The van der Waals surface area contributed by atoms with Gasteiger partial charge >= 0.3 is 5.97 Å². The molecule has 122 valence electrons. The highest BCUT2D eigenvalue weighted by atomic mass is 35.5. The van der Waals surface area contributed by atoms with E-state index in [0.717, 1.165) is 10.2 Å². The number of aromatic nitrogens is 1. The van der Waals surface area contributed by atoms with Crippen molar-refractivity contribution in [2.75, 3.05) is 11.1 Å². The Hall–Kier alpha value is -2.09. The largest absolute Gasteiger partial charge is 0.481 e. The van der Waals surface area contributed by atoms with Gasteiger partial charge in [0.15, 0.2) is 4.34 Å². The molecule has 3 aromatic rings. The van der Waals surface area contributed by atoms with Crippen molar-refractivity contribution >= 4 is 62.5 Å². The van der Waals surface area contributed by atoms with Crippen molar-refractivity contribution < 1.29 is 14.7 Å². The number of nitrogens with one attached hydrogen (secondary N) is 1. The summed E-state index contributed by atoms with van der Waals surface area (Å²) in [6.07, 6.45) is 0. The molecule has 0 atom stereocenters. The maximum Gasteiger partial charge on any atom is 0.313 e. The third-order valence-electron chi connectivity index (χ3n) is 3.05. The lowest BCUT2D eigenvalue weighted by Gasteiger charge is -2.05. The van der Waals surface area contributed by atoms with Crippen molar-refractivity contribution in [3.05, 3.63) is 53.1 Å². The highest BCUT2D eigenvalue weighted by Gasteiger charge is 2.10. The van der Waals surface area contributed by atoms with Crippen molar-refractivity contribution in [2.24, 2.45) is 0 Å². The summed E-state index contributed by atoms with van der Waals surface area (Å²) in [5.74, 6) is -1.13. The molecule has 0 radical (unpaired) electrons. The second-order valence-electron chi connectivity index (χ2n) is 4.81. The van der Waals surface area contributed by atoms with Gasteiger partial charge in [-0.15, -0.1) is 11.3 Å². The first-order chi connectivity index (χ1) is 11.5. The summed E-state index contributed by atoms with van der Waals surface area (Å²) in [5, 5.41) is 12.1. The summed E-state index contributed by atoms with van der Waals surface area (Å²) in [5.41, 5.74) is 1.94. The molecule has 1 aromatic heterocycles. The van der Waals surface area contributed by atoms with Crippen LogP contribution in [0.2, 0.25) is 5.02 Å². The number of thioether (sulfide) groups is 1. The third-order valence-corrected chi connectivity index (χ3v) is 5.45. The molecule has 0 fully saturated rings. The SMILES string of the molecule is O=C(O)CSc1nc2ccc(NC(=O)c3ccc(Cl)cc3)cc2s1. The lowest BCUT2D eigenvalue weighted by Crippen LogP contribution is -2.11. The number of hydrogen-bond donors (Lipinski definition) is 2. The maximum absolute atomic E-state index is 12.2. The van der Waals surface area contributed by atoms with E-state index < -0.39 is 5.97 Å². The van der Waals surface area contributed by atoms with Crippen LogP contribution in [0.4, 0.5) is 5.69 Å². The highest BCUT2D eigenvalue weighted by molar-refractivity contribution is 8.01. The van der Waals surface area contributed by atoms with Crippen LogP contribution in [0.25, 0.3) is 10.2 Å². The zero-order valence-electron chi connectivity index (χ0n) is 12.2. The molecular formula is C16H11ClN2O3S2. The van der Waals surface area contributed by atoms with Gasteiger partial charge in [0.05, 0.1) is 16.0 Å². The number of carboxylic acids is 1. The van der Waals surface area contributed by atoms with Crippen molar-refractivity contribution in [2.45, 2.75) is 4.34 Å². The molecule has 8 heteroatoms. The Morgan fingerprint density at radius 3 is 2.67 bits per heavy atom. The summed E-state index contributed by atoms with van der Waals surface area (Å²) in [6.45, 7) is 0. The van der Waals surface area contributed by atoms with Crippen LogP contribution in [0.5, 0.6) is 0 Å². The van der Waals surface area contributed by atoms with Crippen molar-refractivity contribution in [1.82, 2.24) is 4.98 Å². The van der Waals surface area contributed by atoms with Crippen LogP contribution in [0.3, 0.4) is 0 Å². The monoisotopic (exact) mass is 378 g/mol. The number of anilines is 1. The molecule has 0 unspecified atom stereocenters. The number of thiazole rings is 1. The van der Waals surface area contributed by atoms with Gasteiger partial charge in [-0.25, -0.2) is 4.98 Å². The van der Waals surface area contributed by atoms with E-state index in [1.807, 2.05) is 6.07 Å². The molecule has 1 heterocycles. The van der Waals surface area contributed by atoms with Gasteiger partial charge in [-0.2, -0.15) is 0 Å². The lowest BCUT2D eigenvalue weighted by molar-refractivity contribution is -0.133. The van der Waals surface area contributed by atoms with Gasteiger partial charge in [0.1, 0.15) is 0 Å². The molecule has 0 aliphatic carbocycles. The quantitative estimate of drug-likeness (QED) is 0.644. The molecule has 2 N–H and O–H groups in total. The number of benzene rings is 2. The van der Waals surface area contributed by atoms with E-state index in [1.54, 1.807) is 36.4 Å². The number of fused-ring (bicyclic) bond motifs is 1. The van der Waals surface area contributed by atoms with Crippen molar-refractivity contribution in [3.63, 3.8) is 0 Å². The number of carbonyl (C=O) groups is 2. The minimum absolute atomic E-state index is 0.0278. The van der Waals surface area contributed by atoms with Crippen LogP contribution in [0.15, 0.2) is 46.8 Å². The van der Waals surface area contributed by atoms with E-state index in [4.69, 9.17) is 16.7 Å². The molecule has 0 aliphatic rings. The summed E-state index contributed by atoms with van der Waals surface area (Å²) >= 11 is 8.39. The van der Waals surface area contributed by atoms with Crippen LogP contribution < -0.4 is 5.32 Å². The molecule has 0 saturated carbocycles. The number of aliphatic carboxylic acids is 1. The zero-order valence-corrected chi connectivity index (χ0v) is 14.5. The molecular weight excluding hydrogens is 368 g/mol. The molecule has 1 amide bonds. The molecule has 0 aliphatic heterocycles. The van der Waals surface area contributed by atoms with Crippen LogP contribution >= 0.6 is 34.7 Å². The number of nitrogens with zero attached hydrogens (tertiary/aromatic N) is 1. The highest BCUT2D eigenvalue weighted by Crippen LogP contribution is 2.31. The van der Waals surface area contributed by atoms with E-state index in [-0.39, 0.29) is 11.7 Å². The van der Waals surface area contributed by atoms with Crippen LogP contribution in [0.1, 0.15) is 10.4 Å². The Kier molecular flexibility index (Phi) is 5.03. The normalized spacial score (nSPS) is 10.7. The number of carboxylic acid groups (broad SMARTS) is 1. The summed E-state index contributed by atoms with van der Waals surface area (Å²) in [4.78, 5) is 27.2. The average molecular weight is 379 g/mol. The summed E-state index contributed by atoms with van der Waals surface area (Å²) < 4.78 is 1.57. The Labute approximate surface area is 150 Å². The second kappa shape index (κ2) is 7.21. The number of halogens is 1. The molecule has 24 heavy (non-hydrogen) atoms. The van der Waals surface area contributed by atoms with Gasteiger partial charge < -0.3 is 10.4 Å². The molecule has 3 rings (SSSR count). The number of rotatable bonds is 5. The number of hydrogen-bond acceptors (Lipinski definition) is 5. The summed E-state index contributed by atoms with van der Waals surface area (Å²) in [6, 6.07) is 12.0. The predicted molar refractivity (Wildman–Crippen MR) is 97.4 cm³/mol. The van der Waals surface area contributed by atoms with Gasteiger partial charge in [0.25, 0.3) is 5.91 Å². The molecule has 0 bridgehead atoms. The third kappa shape index (κ3) is 4.05. The van der Waals surface area contributed by atoms with Crippen LogP contribution in [-0.4, -0.2) is 27.7 Å². The molecule has 5 nitrogen and oxygen atoms in total. The molecule has 0 saturated heterocycles. The van der Waals surface area contributed by atoms with Crippen LogP contribution in [-0.2, 0) is 4.79 Å². The van der Waals surface area contributed by atoms with Gasteiger partial charge in [-0.3, -0.25) is 9.59 Å². The standard InChI is InChI=1S/C16H11ClN2O3S2/c17-10-3-1-9(2-4-10)15(22)18-11-5-6-12-13(7-11)24-16(19-12)23-8-14(20)21/h1-7H,8H2,(H,18,22)(H,20,21). The average Bonchev–Trinajstić information content (AvgIpc) is 2.95. The Morgan fingerprint density at radius 2 is 1.96 bits per heavy atom. The first-order valence-corrected chi connectivity index (χ1v) is 9.01. The number of carbonyl (C=O) groups excluding carboxylic acids is 1. The van der Waals surface area contributed by atoms with E-state index in [1.165, 1.54) is 23.1 Å². The fraction of sp³-hybridized carbons (Fsp3) is 0.0625. The zero-order chi connectivity index (χ0) is 17.1.